The highest BCUT2D eigenvalue weighted by molar-refractivity contribution is 8.48. The molecule has 0 bridgehead atoms. The fourth-order valence-corrected chi connectivity index (χ4v) is 13.4. The number of ketones is 1. The number of thiol groups is 1. The summed E-state index contributed by atoms with van der Waals surface area (Å²) in [5, 5.41) is 15.1. The fourth-order valence-electron chi connectivity index (χ4n) is 10.5. The highest BCUT2D eigenvalue weighted by atomic mass is 32.7. The molecule has 12 atom stereocenters. The van der Waals surface area contributed by atoms with Crippen molar-refractivity contribution in [3.05, 3.63) is 12.2 Å². The summed E-state index contributed by atoms with van der Waals surface area (Å²) in [6.07, 6.45) is 17.1. The number of Topliss-reactive ketones (excluding diaryl/α,β-unsaturated/α-hetero) is 1. The number of aliphatic hydroxyl groups excluding tert-OH is 1. The maximum Gasteiger partial charge on any atom is 0.308 e. The molecule has 0 aromatic rings. The summed E-state index contributed by atoms with van der Waals surface area (Å²) in [4.78, 5) is 48.1. The smallest absolute Gasteiger partial charge is 0.308 e. The second kappa shape index (κ2) is 18.4. The van der Waals surface area contributed by atoms with Crippen molar-refractivity contribution in [2.75, 3.05) is 26.7 Å². The number of allylic oxidation sites excluding steroid dienone is 1. The number of hydrogen-bond donors (Lipinski definition) is 4. The van der Waals surface area contributed by atoms with Crippen molar-refractivity contribution < 1.29 is 42.7 Å². The monoisotopic (exact) mass is 791 g/mol. The van der Waals surface area contributed by atoms with E-state index in [-0.39, 0.29) is 78.9 Å². The summed E-state index contributed by atoms with van der Waals surface area (Å²) < 4.78 is 20.9. The van der Waals surface area contributed by atoms with E-state index in [1.807, 2.05) is 12.2 Å². The summed E-state index contributed by atoms with van der Waals surface area (Å²) in [6.45, 7) is 3.10. The predicted molar refractivity (Wildman–Crippen MR) is 210 cm³/mol. The van der Waals surface area contributed by atoms with Gasteiger partial charge in [-0.1, -0.05) is 52.1 Å². The molecule has 0 aromatic heterocycles. The molecule has 0 saturated heterocycles. The average Bonchev–Trinajstić information content (AvgIpc) is 3.42. The third kappa shape index (κ3) is 11.0. The topological polar surface area (TPSA) is 141 Å². The Morgan fingerprint density at radius 1 is 1.04 bits per heavy atom. The van der Waals surface area contributed by atoms with Crippen LogP contribution in [-0.2, 0) is 44.5 Å². The highest BCUT2D eigenvalue weighted by Gasteiger charge is 2.63. The highest BCUT2D eigenvalue weighted by Crippen LogP contribution is 2.68. The van der Waals surface area contributed by atoms with Crippen LogP contribution in [0.4, 0.5) is 0 Å². The minimum atomic E-state index is -3.30. The number of rotatable bonds is 18. The quantitative estimate of drug-likeness (QED) is 0.0480. The largest absolute Gasteiger partial charge is 0.465 e. The molecule has 0 heterocycles. The fraction of sp³-hybridized carbons (Fsp3) is 0.838. The molecule has 8 unspecified atom stereocenters. The SMILES string of the molecule is C=P(S)(OC)OCP(O)(=S)OCCC(=O)OCCC(=O)C[C@@H](C)C1CCC2C3C(O)CC4C[C@H](NC(=O)CC=CCC)CC[C@]4(C)C3CC[C@@]21C. The lowest BCUT2D eigenvalue weighted by molar-refractivity contribution is -0.167. The summed E-state index contributed by atoms with van der Waals surface area (Å²) in [5.41, 5.74) is 0.264. The van der Waals surface area contributed by atoms with Gasteiger partial charge >= 0.3 is 5.97 Å². The predicted octanol–water partition coefficient (Wildman–Crippen LogP) is 7.44. The Kier molecular flexibility index (Phi) is 15.6. The molecule has 1 amide bonds. The van der Waals surface area contributed by atoms with Gasteiger partial charge in [-0.15, -0.1) is 0 Å². The molecule has 4 saturated carbocycles. The maximum absolute atomic E-state index is 13.1. The number of fused-ring (bicyclic) bond motifs is 5. The van der Waals surface area contributed by atoms with Crippen LogP contribution in [0.1, 0.15) is 111 Å². The van der Waals surface area contributed by atoms with Gasteiger partial charge in [0.2, 0.25) is 12.4 Å². The zero-order chi connectivity index (χ0) is 37.6. The van der Waals surface area contributed by atoms with Crippen LogP contribution in [0.15, 0.2) is 12.2 Å². The van der Waals surface area contributed by atoms with E-state index in [9.17, 15) is 24.4 Å². The van der Waals surface area contributed by atoms with Crippen molar-refractivity contribution in [1.29, 1.82) is 0 Å². The van der Waals surface area contributed by atoms with Crippen LogP contribution in [-0.4, -0.2) is 72.8 Å². The van der Waals surface area contributed by atoms with Crippen molar-refractivity contribution >= 4 is 61.0 Å². The Morgan fingerprint density at radius 3 is 2.45 bits per heavy atom. The van der Waals surface area contributed by atoms with Crippen molar-refractivity contribution in [3.8, 4) is 0 Å². The summed E-state index contributed by atoms with van der Waals surface area (Å²) in [7, 11) is 1.40. The minimum absolute atomic E-state index is 0.00345. The Morgan fingerprint density at radius 2 is 1.75 bits per heavy atom. The van der Waals surface area contributed by atoms with Crippen molar-refractivity contribution in [3.63, 3.8) is 0 Å². The molecule has 10 nitrogen and oxygen atoms in total. The van der Waals surface area contributed by atoms with Gasteiger partial charge in [0, 0.05) is 32.4 Å². The molecule has 3 N–H and O–H groups in total. The van der Waals surface area contributed by atoms with E-state index >= 15 is 0 Å². The molecule has 292 valence electrons. The summed E-state index contributed by atoms with van der Waals surface area (Å²) in [6, 6.07) is 0.186. The maximum atomic E-state index is 13.1. The third-order valence-corrected chi connectivity index (χ3v) is 16.8. The van der Waals surface area contributed by atoms with Crippen LogP contribution in [0.5, 0.6) is 0 Å². The van der Waals surface area contributed by atoms with Gasteiger partial charge in [-0.05, 0) is 122 Å². The molecule has 0 spiro atoms. The van der Waals surface area contributed by atoms with Crippen LogP contribution in [0.2, 0.25) is 0 Å². The lowest BCUT2D eigenvalue weighted by Crippen LogP contribution is -2.59. The molecule has 4 fully saturated rings. The first kappa shape index (κ1) is 43.2. The number of hydrogen-bond acceptors (Lipinski definition) is 10. The molecule has 14 heteroatoms. The van der Waals surface area contributed by atoms with Gasteiger partial charge in [-0.2, -0.15) is 0 Å². The molecule has 51 heavy (non-hydrogen) atoms. The number of carbonyl (C=O) groups excluding carboxylic acids is 3. The Hall–Kier alpha value is -0.550. The standard InChI is InChI=1S/C37H63NO9P2S2/c1-7-8-9-10-33(41)38-27-13-17-36(3)26(22-27)23-32(40)35-30-12-11-29(37(30,4)18-14-31(35)36)25(2)21-28(39)15-19-45-34(42)16-20-46-49(43,51)24-47-48(6,50)44-5/h8-9,25-27,29-32,35,40,50H,6-7,10-24H2,1-5H3,(H,38,41)(H,43,51)/t25-,26?,27-,29?,30?,31?,32?,35?,36+,37-,48?,49?/m1/s1. The van der Waals surface area contributed by atoms with E-state index in [2.05, 4.69) is 51.6 Å². The van der Waals surface area contributed by atoms with E-state index < -0.39 is 19.0 Å². The summed E-state index contributed by atoms with van der Waals surface area (Å²) in [5.74, 6) is 1.88. The lowest BCUT2D eigenvalue weighted by atomic mass is 9.43. The number of amides is 1. The van der Waals surface area contributed by atoms with Gasteiger partial charge in [0.05, 0.1) is 25.7 Å². The van der Waals surface area contributed by atoms with Gasteiger partial charge in [0.15, 0.2) is 6.54 Å². The van der Waals surface area contributed by atoms with E-state index in [0.29, 0.717) is 36.5 Å². The Bertz CT molecular complexity index is 1360. The number of esters is 1. The van der Waals surface area contributed by atoms with Crippen molar-refractivity contribution in [2.45, 2.75) is 123 Å². The number of nitrogens with one attached hydrogen (secondary N) is 1. The van der Waals surface area contributed by atoms with E-state index in [1.165, 1.54) is 7.11 Å². The zero-order valence-electron chi connectivity index (χ0n) is 31.3. The van der Waals surface area contributed by atoms with Crippen LogP contribution in [0, 0.1) is 46.3 Å². The summed E-state index contributed by atoms with van der Waals surface area (Å²) >= 11 is 9.19. The van der Waals surface area contributed by atoms with Gasteiger partial charge in [0.1, 0.15) is 12.1 Å². The normalized spacial score (nSPS) is 36.2. The van der Waals surface area contributed by atoms with Crippen LogP contribution in [0.3, 0.4) is 0 Å². The van der Waals surface area contributed by atoms with Gasteiger partial charge in [-0.3, -0.25) is 14.4 Å². The Balaban J connectivity index is 1.23. The van der Waals surface area contributed by atoms with Crippen LogP contribution in [0.25, 0.3) is 0 Å². The molecular weight excluding hydrogens is 728 g/mol. The molecular formula is C37H63NO9P2S2. The number of carbonyl (C=O) groups is 3. The van der Waals surface area contributed by atoms with E-state index in [0.717, 1.165) is 57.8 Å². The lowest BCUT2D eigenvalue weighted by Gasteiger charge is -2.62. The second-order valence-electron chi connectivity index (χ2n) is 16.1. The minimum Gasteiger partial charge on any atom is -0.465 e. The number of aliphatic hydroxyl groups is 1. The second-order valence-corrected chi connectivity index (χ2v) is 23.4. The van der Waals surface area contributed by atoms with Crippen molar-refractivity contribution in [2.24, 2.45) is 46.3 Å². The van der Waals surface area contributed by atoms with E-state index in [4.69, 9.17) is 30.1 Å². The van der Waals surface area contributed by atoms with Crippen LogP contribution < -0.4 is 5.32 Å². The van der Waals surface area contributed by atoms with Crippen LogP contribution >= 0.6 is 25.3 Å². The first-order chi connectivity index (χ1) is 23.9. The Labute approximate surface area is 316 Å². The third-order valence-electron chi connectivity index (χ3n) is 13.0. The molecule has 0 aliphatic heterocycles. The molecule has 4 rings (SSSR count). The number of ether oxygens (including phenoxy) is 1. The van der Waals surface area contributed by atoms with Gasteiger partial charge in [-0.25, -0.2) is 0 Å². The molecule has 0 radical (unpaired) electrons. The van der Waals surface area contributed by atoms with E-state index in [1.54, 1.807) is 0 Å². The first-order valence-electron chi connectivity index (χ1n) is 18.9. The van der Waals surface area contributed by atoms with Gasteiger partial charge in [0.25, 0.3) is 0 Å². The molecule has 0 aromatic carbocycles. The van der Waals surface area contributed by atoms with Crippen molar-refractivity contribution in [1.82, 2.24) is 5.32 Å². The molecule has 4 aliphatic carbocycles. The molecule has 4 aliphatic rings. The first-order valence-corrected chi connectivity index (χ1v) is 24.7. The zero-order valence-corrected chi connectivity index (χ0v) is 34.8. The van der Waals surface area contributed by atoms with Gasteiger partial charge < -0.3 is 33.6 Å². The average molecular weight is 792 g/mol.